The van der Waals surface area contributed by atoms with Crippen LogP contribution < -0.4 is 5.32 Å². The van der Waals surface area contributed by atoms with Crippen molar-refractivity contribution in [1.29, 1.82) is 0 Å². The topological polar surface area (TPSA) is 55.4 Å². The number of benzene rings is 1. The van der Waals surface area contributed by atoms with Gasteiger partial charge in [0, 0.05) is 11.6 Å². The third-order valence-corrected chi connectivity index (χ3v) is 4.18. The highest BCUT2D eigenvalue weighted by atomic mass is 16.6. The van der Waals surface area contributed by atoms with Crippen LogP contribution in [0.15, 0.2) is 24.3 Å². The fourth-order valence-corrected chi connectivity index (χ4v) is 3.09. The lowest BCUT2D eigenvalue weighted by molar-refractivity contribution is 0.0490. The first kappa shape index (κ1) is 17.5. The number of amides is 1. The van der Waals surface area contributed by atoms with Crippen LogP contribution in [-0.4, -0.2) is 23.5 Å². The van der Waals surface area contributed by atoms with E-state index in [1.807, 2.05) is 45.0 Å². The predicted octanol–water partition coefficient (Wildman–Crippen LogP) is 4.44. The summed E-state index contributed by atoms with van der Waals surface area (Å²) in [6.45, 7) is 7.18. The zero-order valence-electron chi connectivity index (χ0n) is 14.5. The molecule has 1 aliphatic rings. The standard InChI is InChI=1S/C19H27NO3/c1-13(21)14-8-10-15(11-9-14)16-6-5-7-17(12-16)20-18(22)23-19(2,3)4/h8-11,16-17H,5-7,12H2,1-4H3,(H,20,22)/t16-,17+/m0/s1. The number of carbonyl (C=O) groups is 2. The van der Waals surface area contributed by atoms with E-state index >= 15 is 0 Å². The predicted molar refractivity (Wildman–Crippen MR) is 90.8 cm³/mol. The molecule has 23 heavy (non-hydrogen) atoms. The van der Waals surface area contributed by atoms with Gasteiger partial charge >= 0.3 is 6.09 Å². The lowest BCUT2D eigenvalue weighted by Gasteiger charge is -2.31. The van der Waals surface area contributed by atoms with Gasteiger partial charge in [-0.3, -0.25) is 4.79 Å². The summed E-state index contributed by atoms with van der Waals surface area (Å²) in [6, 6.07) is 8.01. The van der Waals surface area contributed by atoms with E-state index in [1.165, 1.54) is 5.56 Å². The molecule has 2 rings (SSSR count). The van der Waals surface area contributed by atoms with Crippen molar-refractivity contribution in [1.82, 2.24) is 5.32 Å². The van der Waals surface area contributed by atoms with Crippen molar-refractivity contribution in [2.45, 2.75) is 70.9 Å². The number of carbonyl (C=O) groups excluding carboxylic acids is 2. The van der Waals surface area contributed by atoms with E-state index in [4.69, 9.17) is 4.74 Å². The van der Waals surface area contributed by atoms with E-state index in [9.17, 15) is 9.59 Å². The monoisotopic (exact) mass is 317 g/mol. The average Bonchev–Trinajstić information content (AvgIpc) is 2.45. The van der Waals surface area contributed by atoms with E-state index in [1.54, 1.807) is 6.92 Å². The molecule has 1 fully saturated rings. The Morgan fingerprint density at radius 3 is 2.35 bits per heavy atom. The van der Waals surface area contributed by atoms with Crippen LogP contribution in [0.3, 0.4) is 0 Å². The van der Waals surface area contributed by atoms with Crippen molar-refractivity contribution in [3.63, 3.8) is 0 Å². The van der Waals surface area contributed by atoms with Crippen LogP contribution >= 0.6 is 0 Å². The quantitative estimate of drug-likeness (QED) is 0.838. The maximum Gasteiger partial charge on any atom is 0.407 e. The smallest absolute Gasteiger partial charge is 0.407 e. The zero-order valence-corrected chi connectivity index (χ0v) is 14.5. The fourth-order valence-electron chi connectivity index (χ4n) is 3.09. The molecule has 1 aromatic rings. The minimum atomic E-state index is -0.472. The fraction of sp³-hybridized carbons (Fsp3) is 0.579. The molecule has 0 heterocycles. The second kappa shape index (κ2) is 7.16. The molecule has 0 bridgehead atoms. The van der Waals surface area contributed by atoms with E-state index in [0.717, 1.165) is 31.2 Å². The van der Waals surface area contributed by atoms with Crippen LogP contribution in [0.5, 0.6) is 0 Å². The zero-order chi connectivity index (χ0) is 17.0. The van der Waals surface area contributed by atoms with Crippen LogP contribution in [0, 0.1) is 0 Å². The first-order valence-corrected chi connectivity index (χ1v) is 8.35. The molecule has 0 spiro atoms. The molecule has 126 valence electrons. The van der Waals surface area contributed by atoms with Crippen molar-refractivity contribution >= 4 is 11.9 Å². The summed E-state index contributed by atoms with van der Waals surface area (Å²) in [6.07, 6.45) is 3.76. The third kappa shape index (κ3) is 5.38. The number of hydrogen-bond acceptors (Lipinski definition) is 3. The molecule has 0 radical (unpaired) electrons. The highest BCUT2D eigenvalue weighted by Crippen LogP contribution is 2.33. The second-order valence-corrected chi connectivity index (χ2v) is 7.38. The Morgan fingerprint density at radius 1 is 1.13 bits per heavy atom. The summed E-state index contributed by atoms with van der Waals surface area (Å²) in [5.41, 5.74) is 1.51. The maximum atomic E-state index is 11.9. The molecule has 2 atom stereocenters. The third-order valence-electron chi connectivity index (χ3n) is 4.18. The molecule has 1 amide bonds. The van der Waals surface area contributed by atoms with Crippen molar-refractivity contribution in [2.24, 2.45) is 0 Å². The summed E-state index contributed by atoms with van der Waals surface area (Å²) in [5, 5.41) is 2.99. The Bertz CT molecular complexity index is 557. The molecule has 0 aliphatic heterocycles. The second-order valence-electron chi connectivity index (χ2n) is 7.38. The van der Waals surface area contributed by atoms with Crippen molar-refractivity contribution in [2.75, 3.05) is 0 Å². The van der Waals surface area contributed by atoms with Gasteiger partial charge in [0.05, 0.1) is 0 Å². The van der Waals surface area contributed by atoms with Crippen molar-refractivity contribution in [3.8, 4) is 0 Å². The van der Waals surface area contributed by atoms with E-state index < -0.39 is 5.60 Å². The average molecular weight is 317 g/mol. The van der Waals surface area contributed by atoms with Crippen LogP contribution in [0.2, 0.25) is 0 Å². The molecule has 4 nitrogen and oxygen atoms in total. The number of nitrogens with one attached hydrogen (secondary N) is 1. The lowest BCUT2D eigenvalue weighted by Crippen LogP contribution is -2.41. The summed E-state index contributed by atoms with van der Waals surface area (Å²) in [5.74, 6) is 0.509. The Morgan fingerprint density at radius 2 is 1.78 bits per heavy atom. The molecule has 1 aromatic carbocycles. The van der Waals surface area contributed by atoms with Crippen LogP contribution in [0.4, 0.5) is 4.79 Å². The lowest BCUT2D eigenvalue weighted by atomic mass is 9.81. The van der Waals surface area contributed by atoms with Gasteiger partial charge in [-0.25, -0.2) is 4.79 Å². The van der Waals surface area contributed by atoms with Crippen LogP contribution in [0.25, 0.3) is 0 Å². The molecule has 0 aromatic heterocycles. The Balaban J connectivity index is 1.95. The number of ether oxygens (including phenoxy) is 1. The number of alkyl carbamates (subject to hydrolysis) is 1. The minimum absolute atomic E-state index is 0.0877. The van der Waals surface area contributed by atoms with Crippen LogP contribution in [0.1, 0.15) is 75.2 Å². The van der Waals surface area contributed by atoms with Gasteiger partial charge in [0.2, 0.25) is 0 Å². The first-order valence-electron chi connectivity index (χ1n) is 8.35. The highest BCUT2D eigenvalue weighted by molar-refractivity contribution is 5.94. The SMILES string of the molecule is CC(=O)c1ccc([C@H]2CCC[C@@H](NC(=O)OC(C)(C)C)C2)cc1. The van der Waals surface area contributed by atoms with Gasteiger partial charge in [0.1, 0.15) is 5.60 Å². The van der Waals surface area contributed by atoms with E-state index in [0.29, 0.717) is 5.92 Å². The molecular formula is C19H27NO3. The minimum Gasteiger partial charge on any atom is -0.444 e. The molecule has 1 aliphatic carbocycles. The Kier molecular flexibility index (Phi) is 5.45. The first-order chi connectivity index (χ1) is 10.7. The summed E-state index contributed by atoms with van der Waals surface area (Å²) < 4.78 is 5.34. The van der Waals surface area contributed by atoms with Crippen molar-refractivity contribution in [3.05, 3.63) is 35.4 Å². The maximum absolute atomic E-state index is 11.9. The summed E-state index contributed by atoms with van der Waals surface area (Å²) in [4.78, 5) is 23.3. The summed E-state index contributed by atoms with van der Waals surface area (Å²) in [7, 11) is 0. The normalized spacial score (nSPS) is 21.6. The molecule has 1 N–H and O–H groups in total. The van der Waals surface area contributed by atoms with Gasteiger partial charge in [-0.2, -0.15) is 0 Å². The summed E-state index contributed by atoms with van der Waals surface area (Å²) >= 11 is 0. The van der Waals surface area contributed by atoms with Crippen molar-refractivity contribution < 1.29 is 14.3 Å². The number of hydrogen-bond donors (Lipinski definition) is 1. The molecule has 0 saturated heterocycles. The highest BCUT2D eigenvalue weighted by Gasteiger charge is 2.26. The van der Waals surface area contributed by atoms with Crippen LogP contribution in [-0.2, 0) is 4.74 Å². The van der Waals surface area contributed by atoms with Gasteiger partial charge < -0.3 is 10.1 Å². The van der Waals surface area contributed by atoms with E-state index in [2.05, 4.69) is 5.32 Å². The Hall–Kier alpha value is -1.84. The molecule has 1 saturated carbocycles. The number of Topliss-reactive ketones (excluding diaryl/α,β-unsaturated/α-hetero) is 1. The number of rotatable bonds is 3. The molecular weight excluding hydrogens is 290 g/mol. The van der Waals surface area contributed by atoms with Gasteiger partial charge in [0.25, 0.3) is 0 Å². The number of ketones is 1. The van der Waals surface area contributed by atoms with E-state index in [-0.39, 0.29) is 17.9 Å². The molecule has 0 unspecified atom stereocenters. The largest absolute Gasteiger partial charge is 0.444 e. The van der Waals surface area contributed by atoms with Gasteiger partial charge in [-0.05, 0) is 58.4 Å². The van der Waals surface area contributed by atoms with Gasteiger partial charge in [-0.1, -0.05) is 30.7 Å². The van der Waals surface area contributed by atoms with Gasteiger partial charge in [0.15, 0.2) is 5.78 Å². The van der Waals surface area contributed by atoms with Gasteiger partial charge in [-0.15, -0.1) is 0 Å². The molecule has 4 heteroatoms. The Labute approximate surface area is 138 Å².